The summed E-state index contributed by atoms with van der Waals surface area (Å²) in [5, 5.41) is 13.4. The van der Waals surface area contributed by atoms with Crippen molar-refractivity contribution in [2.24, 2.45) is 0 Å². The number of aromatic hydroxyl groups is 1. The zero-order valence-corrected chi connectivity index (χ0v) is 10.1. The van der Waals surface area contributed by atoms with Crippen molar-refractivity contribution in [1.82, 2.24) is 0 Å². The van der Waals surface area contributed by atoms with E-state index in [-0.39, 0.29) is 11.8 Å². The van der Waals surface area contributed by atoms with Crippen molar-refractivity contribution in [3.05, 3.63) is 54.1 Å². The fourth-order valence-electron chi connectivity index (χ4n) is 1.54. The molecule has 2 rings (SSSR count). The molecular weight excluding hydrogens is 228 g/mol. The summed E-state index contributed by atoms with van der Waals surface area (Å²) in [4.78, 5) is 11.7. The molecule has 4 heteroatoms. The molecule has 0 aromatic heterocycles. The highest BCUT2D eigenvalue weighted by molar-refractivity contribution is 5.83. The highest BCUT2D eigenvalue weighted by atomic mass is 16.3. The van der Waals surface area contributed by atoms with E-state index in [1.807, 2.05) is 31.2 Å². The van der Waals surface area contributed by atoms with Gasteiger partial charge in [0, 0.05) is 5.69 Å². The molecule has 0 aliphatic rings. The monoisotopic (exact) mass is 243 g/mol. The van der Waals surface area contributed by atoms with Gasteiger partial charge in [0.15, 0.2) is 0 Å². The Kier molecular flexibility index (Phi) is 3.60. The average Bonchev–Trinajstić information content (AvgIpc) is 2.35. The van der Waals surface area contributed by atoms with Crippen LogP contribution in [0.2, 0.25) is 0 Å². The van der Waals surface area contributed by atoms with Gasteiger partial charge < -0.3 is 5.11 Å². The van der Waals surface area contributed by atoms with E-state index in [4.69, 9.17) is 5.11 Å². The number of primary amides is 1. The van der Waals surface area contributed by atoms with E-state index in [1.165, 1.54) is 17.4 Å². The summed E-state index contributed by atoms with van der Waals surface area (Å²) < 4.78 is 0. The highest BCUT2D eigenvalue weighted by Gasteiger charge is 2.07. The van der Waals surface area contributed by atoms with Gasteiger partial charge in [-0.25, -0.2) is 10.1 Å². The summed E-state index contributed by atoms with van der Waals surface area (Å²) in [6.07, 6.45) is 0. The fraction of sp³-hybridized carbons (Fsp3) is 0.0714. The van der Waals surface area contributed by atoms with Crippen molar-refractivity contribution in [1.29, 1.82) is 0 Å². The van der Waals surface area contributed by atoms with E-state index in [9.17, 15) is 4.79 Å². The lowest BCUT2D eigenvalue weighted by Gasteiger charge is -2.03. The maximum absolute atomic E-state index is 11.7. The summed E-state index contributed by atoms with van der Waals surface area (Å²) in [5.74, 6) is 0.176. The topological polar surface area (TPSA) is 65.9 Å². The molecule has 0 aliphatic heterocycles. The van der Waals surface area contributed by atoms with Crippen molar-refractivity contribution >= 4 is 17.4 Å². The van der Waals surface area contributed by atoms with Crippen molar-refractivity contribution in [3.8, 4) is 5.75 Å². The zero-order chi connectivity index (χ0) is 13.0. The van der Waals surface area contributed by atoms with E-state index in [0.29, 0.717) is 5.69 Å². The summed E-state index contributed by atoms with van der Waals surface area (Å²) in [7, 11) is 0. The van der Waals surface area contributed by atoms with Crippen LogP contribution in [0.5, 0.6) is 5.75 Å². The van der Waals surface area contributed by atoms with Gasteiger partial charge in [-0.05, 0) is 43.3 Å². The molecule has 0 heterocycles. The van der Waals surface area contributed by atoms with Crippen LogP contribution in [0.15, 0.2) is 48.5 Å². The Balaban J connectivity index is 1.96. The number of carbonyl (C=O) groups is 1. The first-order valence-corrected chi connectivity index (χ1v) is 5.65. The number of nitrogens with two attached hydrogens (primary N) is 1. The maximum atomic E-state index is 11.7. The molecule has 0 fully saturated rings. The quantitative estimate of drug-likeness (QED) is 0.558. The molecular formula is C14H15N2O2+. The molecule has 0 saturated carbocycles. The van der Waals surface area contributed by atoms with Gasteiger partial charge in [-0.2, -0.15) is 0 Å². The third-order valence-corrected chi connectivity index (χ3v) is 2.51. The number of benzene rings is 2. The Labute approximate surface area is 105 Å². The molecule has 0 radical (unpaired) electrons. The van der Waals surface area contributed by atoms with Gasteiger partial charge in [-0.1, -0.05) is 17.7 Å². The number of quaternary nitrogens is 1. The SMILES string of the molecule is Cc1ccc([NH2+]C(=O)Nc2ccc(O)cc2)cc1. The Hall–Kier alpha value is -2.33. The van der Waals surface area contributed by atoms with E-state index in [2.05, 4.69) is 5.32 Å². The predicted octanol–water partition coefficient (Wildman–Crippen LogP) is 2.13. The van der Waals surface area contributed by atoms with Crippen molar-refractivity contribution in [3.63, 3.8) is 0 Å². The van der Waals surface area contributed by atoms with Gasteiger partial charge in [-0.3, -0.25) is 5.32 Å². The Morgan fingerprint density at radius 2 is 1.67 bits per heavy atom. The normalized spacial score (nSPS) is 10.1. The Morgan fingerprint density at radius 1 is 1.06 bits per heavy atom. The van der Waals surface area contributed by atoms with E-state index >= 15 is 0 Å². The second kappa shape index (κ2) is 5.33. The van der Waals surface area contributed by atoms with Gasteiger partial charge in [0.2, 0.25) is 0 Å². The lowest BCUT2D eigenvalue weighted by molar-refractivity contribution is -0.459. The third-order valence-electron chi connectivity index (χ3n) is 2.51. The summed E-state index contributed by atoms with van der Waals surface area (Å²) >= 11 is 0. The van der Waals surface area contributed by atoms with Crippen LogP contribution in [0.1, 0.15) is 5.56 Å². The van der Waals surface area contributed by atoms with Crippen LogP contribution in [0, 0.1) is 6.92 Å². The number of hydrogen-bond acceptors (Lipinski definition) is 2. The highest BCUT2D eigenvalue weighted by Crippen LogP contribution is 2.13. The molecule has 18 heavy (non-hydrogen) atoms. The van der Waals surface area contributed by atoms with Crippen LogP contribution in [0.4, 0.5) is 16.2 Å². The van der Waals surface area contributed by atoms with Gasteiger partial charge in [-0.15, -0.1) is 0 Å². The predicted molar refractivity (Wildman–Crippen MR) is 69.9 cm³/mol. The number of hydrogen-bond donors (Lipinski definition) is 3. The summed E-state index contributed by atoms with van der Waals surface area (Å²) in [6, 6.07) is 13.9. The van der Waals surface area contributed by atoms with Crippen LogP contribution >= 0.6 is 0 Å². The molecule has 0 atom stereocenters. The van der Waals surface area contributed by atoms with Crippen molar-refractivity contribution in [2.75, 3.05) is 5.32 Å². The molecule has 92 valence electrons. The van der Waals surface area contributed by atoms with Gasteiger partial charge in [0.1, 0.15) is 11.4 Å². The minimum atomic E-state index is -0.190. The number of nitrogens with one attached hydrogen (secondary N) is 1. The van der Waals surface area contributed by atoms with Crippen molar-refractivity contribution in [2.45, 2.75) is 6.92 Å². The molecule has 2 amide bonds. The Bertz CT molecular complexity index is 483. The van der Waals surface area contributed by atoms with Gasteiger partial charge in [0.05, 0.1) is 0 Å². The second-order valence-electron chi connectivity index (χ2n) is 4.09. The van der Waals surface area contributed by atoms with E-state index in [1.54, 1.807) is 12.1 Å². The van der Waals surface area contributed by atoms with Crippen molar-refractivity contribution < 1.29 is 15.2 Å². The lowest BCUT2D eigenvalue weighted by atomic mass is 10.2. The number of carbonyl (C=O) groups excluding carboxylic acids is 1. The average molecular weight is 243 g/mol. The largest absolute Gasteiger partial charge is 0.508 e. The molecule has 2 aromatic rings. The lowest BCUT2D eigenvalue weighted by Crippen LogP contribution is -2.83. The van der Waals surface area contributed by atoms with Crippen LogP contribution in [0.3, 0.4) is 0 Å². The summed E-state index contributed by atoms with van der Waals surface area (Å²) in [5.41, 5.74) is 2.67. The van der Waals surface area contributed by atoms with Crippen LogP contribution in [-0.4, -0.2) is 11.1 Å². The first-order chi connectivity index (χ1) is 8.63. The number of rotatable bonds is 2. The number of phenols is 1. The number of aryl methyl sites for hydroxylation is 1. The minimum absolute atomic E-state index is 0.176. The van der Waals surface area contributed by atoms with Gasteiger partial charge >= 0.3 is 6.03 Å². The minimum Gasteiger partial charge on any atom is -0.508 e. The maximum Gasteiger partial charge on any atom is 0.422 e. The van der Waals surface area contributed by atoms with E-state index in [0.717, 1.165) is 11.3 Å². The van der Waals surface area contributed by atoms with Crippen LogP contribution in [-0.2, 0) is 0 Å². The first kappa shape index (κ1) is 12.1. The van der Waals surface area contributed by atoms with Gasteiger partial charge in [0.25, 0.3) is 0 Å². The standard InChI is InChI=1S/C14H14N2O2/c1-10-2-4-11(5-3-10)15-14(18)16-12-6-8-13(17)9-7-12/h2-9,17H,1H3,(H2,15,16,18)/p+1. The smallest absolute Gasteiger partial charge is 0.422 e. The van der Waals surface area contributed by atoms with Crippen LogP contribution in [0.25, 0.3) is 0 Å². The fourth-order valence-corrected chi connectivity index (χ4v) is 1.54. The third kappa shape index (κ3) is 3.33. The molecule has 4 N–H and O–H groups in total. The van der Waals surface area contributed by atoms with Crippen LogP contribution < -0.4 is 10.6 Å². The van der Waals surface area contributed by atoms with E-state index < -0.39 is 0 Å². The zero-order valence-electron chi connectivity index (χ0n) is 10.1. The molecule has 0 saturated heterocycles. The molecule has 2 aromatic carbocycles. The second-order valence-corrected chi connectivity index (χ2v) is 4.09. The Morgan fingerprint density at radius 3 is 2.28 bits per heavy atom. The molecule has 4 nitrogen and oxygen atoms in total. The molecule has 0 bridgehead atoms. The number of phenolic OH excluding ortho intramolecular Hbond substituents is 1. The first-order valence-electron chi connectivity index (χ1n) is 5.65. The molecule has 0 aliphatic carbocycles. The molecule has 0 unspecified atom stereocenters. The summed E-state index contributed by atoms with van der Waals surface area (Å²) in [6.45, 7) is 2.00. The molecule has 0 spiro atoms. The number of urea groups is 1. The number of amides is 2. The number of anilines is 1.